The molecule has 1 aromatic carbocycles. The first-order valence-corrected chi connectivity index (χ1v) is 6.22. The van der Waals surface area contributed by atoms with Crippen molar-refractivity contribution in [2.45, 2.75) is 6.54 Å². The minimum Gasteiger partial charge on any atom is -0.377 e. The molecule has 3 aromatic rings. The monoisotopic (exact) mass is 275 g/mol. The molecule has 5 heteroatoms. The lowest BCUT2D eigenvalue weighted by Crippen LogP contribution is -2.01. The molecule has 0 spiro atoms. The number of hydrogen-bond acceptors (Lipinski definition) is 2. The van der Waals surface area contributed by atoms with Gasteiger partial charge >= 0.3 is 0 Å². The van der Waals surface area contributed by atoms with E-state index in [-0.39, 0.29) is 5.82 Å². The second-order valence-corrected chi connectivity index (χ2v) is 4.56. The highest BCUT2D eigenvalue weighted by Crippen LogP contribution is 2.25. The topological polar surface area (TPSA) is 29.3 Å². The summed E-state index contributed by atoms with van der Waals surface area (Å²) >= 11 is 5.96. The quantitative estimate of drug-likeness (QED) is 0.789. The van der Waals surface area contributed by atoms with Crippen molar-refractivity contribution in [3.8, 4) is 0 Å². The smallest absolute Gasteiger partial charge is 0.147 e. The van der Waals surface area contributed by atoms with Crippen LogP contribution < -0.4 is 5.32 Å². The molecule has 0 aliphatic heterocycles. The first kappa shape index (κ1) is 12.0. The SMILES string of the molecule is Fc1cccc(Cl)c1NCc1cnn2ccccc12. The summed E-state index contributed by atoms with van der Waals surface area (Å²) in [5.41, 5.74) is 2.29. The van der Waals surface area contributed by atoms with Crippen LogP contribution in [-0.4, -0.2) is 9.61 Å². The summed E-state index contributed by atoms with van der Waals surface area (Å²) in [6.07, 6.45) is 3.63. The van der Waals surface area contributed by atoms with Crippen LogP contribution in [0.3, 0.4) is 0 Å². The Hall–Kier alpha value is -2.07. The lowest BCUT2D eigenvalue weighted by atomic mass is 10.2. The number of nitrogens with zero attached hydrogens (tertiary/aromatic N) is 2. The molecule has 0 fully saturated rings. The lowest BCUT2D eigenvalue weighted by Gasteiger charge is -2.08. The Bertz CT molecular complexity index is 703. The Kier molecular flexibility index (Phi) is 3.09. The fraction of sp³-hybridized carbons (Fsp3) is 0.0714. The van der Waals surface area contributed by atoms with Crippen LogP contribution in [0.25, 0.3) is 5.52 Å². The first-order chi connectivity index (χ1) is 9.25. The van der Waals surface area contributed by atoms with Crippen molar-refractivity contribution in [1.29, 1.82) is 0 Å². The molecule has 19 heavy (non-hydrogen) atoms. The zero-order valence-corrected chi connectivity index (χ0v) is 10.7. The minimum atomic E-state index is -0.357. The summed E-state index contributed by atoms with van der Waals surface area (Å²) in [6.45, 7) is 0.466. The largest absolute Gasteiger partial charge is 0.377 e. The fourth-order valence-electron chi connectivity index (χ4n) is 1.97. The molecule has 2 aromatic heterocycles. The first-order valence-electron chi connectivity index (χ1n) is 5.85. The van der Waals surface area contributed by atoms with E-state index in [0.29, 0.717) is 17.3 Å². The third kappa shape index (κ3) is 2.27. The van der Waals surface area contributed by atoms with Crippen molar-refractivity contribution in [1.82, 2.24) is 9.61 Å². The maximum absolute atomic E-state index is 13.6. The zero-order chi connectivity index (χ0) is 13.2. The van der Waals surface area contributed by atoms with Crippen LogP contribution >= 0.6 is 11.6 Å². The van der Waals surface area contributed by atoms with Gasteiger partial charge in [-0.25, -0.2) is 8.91 Å². The summed E-state index contributed by atoms with van der Waals surface area (Å²) in [5, 5.41) is 7.61. The zero-order valence-electron chi connectivity index (χ0n) is 9.98. The van der Waals surface area contributed by atoms with E-state index in [4.69, 9.17) is 11.6 Å². The Morgan fingerprint density at radius 2 is 2.11 bits per heavy atom. The lowest BCUT2D eigenvalue weighted by molar-refractivity contribution is 0.630. The van der Waals surface area contributed by atoms with E-state index in [1.54, 1.807) is 22.8 Å². The second kappa shape index (κ2) is 4.90. The Labute approximate surface area is 114 Å². The summed E-state index contributed by atoms with van der Waals surface area (Å²) in [6, 6.07) is 10.4. The van der Waals surface area contributed by atoms with Crippen LogP contribution in [-0.2, 0) is 6.54 Å². The highest BCUT2D eigenvalue weighted by Gasteiger charge is 2.08. The van der Waals surface area contributed by atoms with Gasteiger partial charge < -0.3 is 5.32 Å². The molecule has 0 aliphatic rings. The highest BCUT2D eigenvalue weighted by molar-refractivity contribution is 6.33. The average Bonchev–Trinajstić information content (AvgIpc) is 2.82. The number of benzene rings is 1. The Morgan fingerprint density at radius 3 is 2.95 bits per heavy atom. The van der Waals surface area contributed by atoms with Gasteiger partial charge in [0.15, 0.2) is 0 Å². The molecule has 0 bridgehead atoms. The van der Waals surface area contributed by atoms with Gasteiger partial charge in [0.1, 0.15) is 5.82 Å². The van der Waals surface area contributed by atoms with E-state index in [1.807, 2.05) is 24.4 Å². The molecule has 96 valence electrons. The molecule has 3 nitrogen and oxygen atoms in total. The van der Waals surface area contributed by atoms with E-state index in [2.05, 4.69) is 10.4 Å². The fourth-order valence-corrected chi connectivity index (χ4v) is 2.20. The standard InChI is InChI=1S/C14H11ClFN3/c15-11-4-3-5-12(16)14(11)17-8-10-9-18-19-7-2-1-6-13(10)19/h1-7,9,17H,8H2. The van der Waals surface area contributed by atoms with Crippen molar-refractivity contribution < 1.29 is 4.39 Å². The molecular weight excluding hydrogens is 265 g/mol. The molecule has 1 N–H and O–H groups in total. The molecular formula is C14H11ClFN3. The van der Waals surface area contributed by atoms with Gasteiger partial charge in [-0.1, -0.05) is 23.7 Å². The van der Waals surface area contributed by atoms with E-state index < -0.39 is 0 Å². The van der Waals surface area contributed by atoms with Gasteiger partial charge in [-0.3, -0.25) is 0 Å². The van der Waals surface area contributed by atoms with Gasteiger partial charge in [-0.2, -0.15) is 5.10 Å². The molecule has 3 rings (SSSR count). The third-order valence-corrected chi connectivity index (χ3v) is 3.24. The number of anilines is 1. The van der Waals surface area contributed by atoms with Gasteiger partial charge in [-0.15, -0.1) is 0 Å². The molecule has 0 amide bonds. The maximum Gasteiger partial charge on any atom is 0.147 e. The number of aromatic nitrogens is 2. The van der Waals surface area contributed by atoms with Crippen molar-refractivity contribution in [3.63, 3.8) is 0 Å². The molecule has 0 atom stereocenters. The van der Waals surface area contributed by atoms with Crippen molar-refractivity contribution >= 4 is 22.8 Å². The predicted octanol–water partition coefficient (Wildman–Crippen LogP) is 3.74. The minimum absolute atomic E-state index is 0.319. The Morgan fingerprint density at radius 1 is 1.21 bits per heavy atom. The van der Waals surface area contributed by atoms with Crippen LogP contribution in [0.1, 0.15) is 5.56 Å². The number of halogens is 2. The van der Waals surface area contributed by atoms with Gasteiger partial charge in [0, 0.05) is 18.3 Å². The number of para-hydroxylation sites is 1. The van der Waals surface area contributed by atoms with E-state index in [9.17, 15) is 4.39 Å². The average molecular weight is 276 g/mol. The Balaban J connectivity index is 1.87. The van der Waals surface area contributed by atoms with Crippen molar-refractivity contribution in [2.75, 3.05) is 5.32 Å². The van der Waals surface area contributed by atoms with Gasteiger partial charge in [-0.05, 0) is 24.3 Å². The molecule has 0 unspecified atom stereocenters. The van der Waals surface area contributed by atoms with Crippen molar-refractivity contribution in [3.05, 3.63) is 65.2 Å². The van der Waals surface area contributed by atoms with Gasteiger partial charge in [0.05, 0.1) is 22.4 Å². The summed E-state index contributed by atoms with van der Waals surface area (Å²) < 4.78 is 15.4. The van der Waals surface area contributed by atoms with Crippen LogP contribution in [0, 0.1) is 5.82 Å². The number of hydrogen-bond donors (Lipinski definition) is 1. The highest BCUT2D eigenvalue weighted by atomic mass is 35.5. The summed E-state index contributed by atoms with van der Waals surface area (Å²) in [4.78, 5) is 0. The number of nitrogens with one attached hydrogen (secondary N) is 1. The molecule has 0 radical (unpaired) electrons. The van der Waals surface area contributed by atoms with E-state index in [0.717, 1.165) is 11.1 Å². The predicted molar refractivity (Wildman–Crippen MR) is 73.9 cm³/mol. The number of rotatable bonds is 3. The third-order valence-electron chi connectivity index (χ3n) is 2.92. The number of fused-ring (bicyclic) bond motifs is 1. The summed E-state index contributed by atoms with van der Waals surface area (Å²) in [7, 11) is 0. The van der Waals surface area contributed by atoms with Crippen LogP contribution in [0.15, 0.2) is 48.8 Å². The van der Waals surface area contributed by atoms with Crippen LogP contribution in [0.2, 0.25) is 5.02 Å². The maximum atomic E-state index is 13.6. The van der Waals surface area contributed by atoms with Crippen LogP contribution in [0.5, 0.6) is 0 Å². The molecule has 0 saturated carbocycles. The normalized spacial score (nSPS) is 10.8. The van der Waals surface area contributed by atoms with Crippen LogP contribution in [0.4, 0.5) is 10.1 Å². The van der Waals surface area contributed by atoms with Gasteiger partial charge in [0.2, 0.25) is 0 Å². The molecule has 2 heterocycles. The van der Waals surface area contributed by atoms with E-state index in [1.165, 1.54) is 6.07 Å². The van der Waals surface area contributed by atoms with E-state index >= 15 is 0 Å². The second-order valence-electron chi connectivity index (χ2n) is 4.15. The van der Waals surface area contributed by atoms with Crippen molar-refractivity contribution in [2.24, 2.45) is 0 Å². The van der Waals surface area contributed by atoms with Gasteiger partial charge in [0.25, 0.3) is 0 Å². The summed E-state index contributed by atoms with van der Waals surface area (Å²) in [5.74, 6) is -0.357. The molecule has 0 aliphatic carbocycles. The number of pyridine rings is 1. The molecule has 0 saturated heterocycles.